The number of ether oxygens (including phenoxy) is 1. The van der Waals surface area contributed by atoms with Crippen molar-refractivity contribution >= 4 is 45.3 Å². The molecular formula is C27H29N5O8S2. The minimum absolute atomic E-state index is 0.0888. The lowest BCUT2D eigenvalue weighted by atomic mass is 9.79. The van der Waals surface area contributed by atoms with Crippen molar-refractivity contribution in [3.63, 3.8) is 0 Å². The van der Waals surface area contributed by atoms with Crippen molar-refractivity contribution in [2.45, 2.75) is 42.7 Å². The minimum atomic E-state index is -3.81. The fraction of sp³-hybridized carbons (Fsp3) is 0.370. The molecule has 0 spiro atoms. The van der Waals surface area contributed by atoms with Gasteiger partial charge < -0.3 is 20.1 Å². The maximum atomic E-state index is 13.4. The number of amides is 1. The van der Waals surface area contributed by atoms with Gasteiger partial charge in [-0.05, 0) is 36.8 Å². The van der Waals surface area contributed by atoms with Crippen molar-refractivity contribution in [1.29, 1.82) is 0 Å². The second kappa shape index (κ2) is 11.7. The highest BCUT2D eigenvalue weighted by molar-refractivity contribution is 8.03. The van der Waals surface area contributed by atoms with Gasteiger partial charge in [-0.3, -0.25) is 19.9 Å². The van der Waals surface area contributed by atoms with Crippen molar-refractivity contribution in [3.05, 3.63) is 80.9 Å². The number of non-ortho nitro benzene ring substituents is 1. The number of hydrogen-bond acceptors (Lipinski definition) is 11. The van der Waals surface area contributed by atoms with Crippen molar-refractivity contribution in [2.24, 2.45) is 16.8 Å². The molecule has 5 rings (SSSR count). The van der Waals surface area contributed by atoms with Crippen LogP contribution in [0.4, 0.5) is 5.69 Å². The highest BCUT2D eigenvalue weighted by atomic mass is 32.2. The minimum Gasteiger partial charge on any atom is -0.456 e. The molecule has 3 N–H and O–H groups in total. The van der Waals surface area contributed by atoms with Crippen LogP contribution in [-0.4, -0.2) is 71.7 Å². The molecule has 2 aromatic rings. The maximum absolute atomic E-state index is 13.4. The number of nitro benzene ring substituents is 1. The topological polar surface area (TPSA) is 181 Å². The standard InChI is InChI=1S/C27H29N5O8S2/c1-15-22-21(16(2)33)25(34)31(22)23(26(35)40-14-17-8-10-18(11-9-17)32(36)37)24(15)41-19-12-28-27(29-13-19)30-42(38,39)20-6-4-3-5-7-20/h3-11,15-16,19,21-22,33H,12-14H2,1-2H3,(H2,28,29,30)/t15-,16-,21-,22-/m1/s1. The van der Waals surface area contributed by atoms with Gasteiger partial charge >= 0.3 is 5.97 Å². The SMILES string of the molecule is C[C@@H](O)[C@H]1C(=O)N2C(C(=O)OCc3ccc([N+](=O)[O-])cc3)=C(SC3CN=C(NS(=O)(=O)c4ccccc4)NC3)[C@H](C)[C@H]12. The van der Waals surface area contributed by atoms with E-state index in [2.05, 4.69) is 15.0 Å². The first-order valence-electron chi connectivity index (χ1n) is 13.2. The number of thioether (sulfide) groups is 1. The molecule has 5 atom stereocenters. The molecule has 1 saturated heterocycles. The zero-order chi connectivity index (χ0) is 30.2. The van der Waals surface area contributed by atoms with Crippen LogP contribution in [0.25, 0.3) is 0 Å². The maximum Gasteiger partial charge on any atom is 0.356 e. The Bertz CT molecular complexity index is 1560. The van der Waals surface area contributed by atoms with E-state index in [-0.39, 0.29) is 52.5 Å². The number of esters is 1. The second-order valence-corrected chi connectivity index (χ2v) is 13.2. The summed E-state index contributed by atoms with van der Waals surface area (Å²) in [6.07, 6.45) is -0.899. The molecule has 0 saturated carbocycles. The van der Waals surface area contributed by atoms with Gasteiger partial charge in [-0.2, -0.15) is 0 Å². The number of nitrogens with zero attached hydrogens (tertiary/aromatic N) is 3. The lowest BCUT2D eigenvalue weighted by Gasteiger charge is -2.46. The van der Waals surface area contributed by atoms with Gasteiger partial charge in [0.05, 0.1) is 34.4 Å². The van der Waals surface area contributed by atoms with Gasteiger partial charge in [-0.1, -0.05) is 25.1 Å². The number of β-lactam (4-membered cyclic amide) rings is 1. The summed E-state index contributed by atoms with van der Waals surface area (Å²) in [5.41, 5.74) is 0.564. The molecule has 0 radical (unpaired) electrons. The number of nitro groups is 1. The van der Waals surface area contributed by atoms with Crippen LogP contribution in [0, 0.1) is 22.0 Å². The summed E-state index contributed by atoms with van der Waals surface area (Å²) in [6, 6.07) is 13.1. The highest BCUT2D eigenvalue weighted by Crippen LogP contribution is 2.51. The Morgan fingerprint density at radius 2 is 1.95 bits per heavy atom. The number of carbonyl (C=O) groups is 2. The van der Waals surface area contributed by atoms with E-state index in [1.165, 1.54) is 53.1 Å². The molecule has 13 nitrogen and oxygen atoms in total. The molecule has 3 aliphatic heterocycles. The Kier molecular flexibility index (Phi) is 8.25. The van der Waals surface area contributed by atoms with Crippen LogP contribution in [0.3, 0.4) is 0 Å². The van der Waals surface area contributed by atoms with Gasteiger partial charge in [0.2, 0.25) is 11.9 Å². The van der Waals surface area contributed by atoms with Crippen LogP contribution < -0.4 is 10.0 Å². The number of aliphatic hydroxyl groups is 1. The van der Waals surface area contributed by atoms with Crippen LogP contribution in [0.5, 0.6) is 0 Å². The number of hydrogen-bond donors (Lipinski definition) is 3. The van der Waals surface area contributed by atoms with Crippen LogP contribution in [0.1, 0.15) is 19.4 Å². The molecule has 0 aliphatic carbocycles. The van der Waals surface area contributed by atoms with Crippen molar-refractivity contribution in [3.8, 4) is 0 Å². The summed E-state index contributed by atoms with van der Waals surface area (Å²) < 4.78 is 33.3. The van der Waals surface area contributed by atoms with Crippen LogP contribution >= 0.6 is 11.8 Å². The first-order valence-corrected chi connectivity index (χ1v) is 15.5. The zero-order valence-electron chi connectivity index (χ0n) is 22.7. The van der Waals surface area contributed by atoms with Crippen LogP contribution in [-0.2, 0) is 31.0 Å². The average molecular weight is 616 g/mol. The van der Waals surface area contributed by atoms with Crippen molar-refractivity contribution in [2.75, 3.05) is 13.1 Å². The predicted octanol–water partition coefficient (Wildman–Crippen LogP) is 1.75. The Labute approximate surface area is 246 Å². The summed E-state index contributed by atoms with van der Waals surface area (Å²) in [7, 11) is -3.81. The molecule has 1 fully saturated rings. The monoisotopic (exact) mass is 615 g/mol. The summed E-state index contributed by atoms with van der Waals surface area (Å²) in [6.45, 7) is 3.85. The average Bonchev–Trinajstić information content (AvgIpc) is 3.20. The number of nitrogens with one attached hydrogen (secondary N) is 2. The fourth-order valence-corrected chi connectivity index (χ4v) is 7.58. The normalized spacial score (nSPS) is 24.2. The number of guanidine groups is 1. The van der Waals surface area contributed by atoms with Gasteiger partial charge in [-0.15, -0.1) is 11.8 Å². The van der Waals surface area contributed by atoms with Crippen LogP contribution in [0.15, 0.2) is 75.1 Å². The van der Waals surface area contributed by atoms with E-state index < -0.39 is 39.0 Å². The van der Waals surface area contributed by atoms with Gasteiger partial charge in [-0.25, -0.2) is 17.9 Å². The number of carbonyl (C=O) groups excluding carboxylic acids is 2. The lowest BCUT2D eigenvalue weighted by molar-refractivity contribution is -0.384. The molecular weight excluding hydrogens is 586 g/mol. The summed E-state index contributed by atoms with van der Waals surface area (Å²) in [5, 5.41) is 24.0. The first-order chi connectivity index (χ1) is 20.0. The molecule has 0 aromatic heterocycles. The third-order valence-corrected chi connectivity index (χ3v) is 10.2. The van der Waals surface area contributed by atoms with Crippen molar-refractivity contribution in [1.82, 2.24) is 14.9 Å². The van der Waals surface area contributed by atoms with Gasteiger partial charge in [0.25, 0.3) is 15.7 Å². The summed E-state index contributed by atoms with van der Waals surface area (Å²) in [4.78, 5) is 43.2. The number of aliphatic hydroxyl groups excluding tert-OH is 1. The smallest absolute Gasteiger partial charge is 0.356 e. The highest BCUT2D eigenvalue weighted by Gasteiger charge is 2.60. The Morgan fingerprint density at radius 1 is 1.26 bits per heavy atom. The molecule has 1 unspecified atom stereocenters. The number of fused-ring (bicyclic) bond motifs is 1. The Hall–Kier alpha value is -3.95. The van der Waals surface area contributed by atoms with E-state index in [4.69, 9.17) is 4.74 Å². The van der Waals surface area contributed by atoms with Crippen LogP contribution in [0.2, 0.25) is 0 Å². The second-order valence-electron chi connectivity index (χ2n) is 10.2. The van der Waals surface area contributed by atoms with E-state index in [0.29, 0.717) is 17.0 Å². The van der Waals surface area contributed by atoms with E-state index >= 15 is 0 Å². The van der Waals surface area contributed by atoms with Gasteiger partial charge in [0.1, 0.15) is 12.3 Å². The van der Waals surface area contributed by atoms with E-state index in [0.717, 1.165) is 0 Å². The molecule has 15 heteroatoms. The zero-order valence-corrected chi connectivity index (χ0v) is 24.3. The van der Waals surface area contributed by atoms with Gasteiger partial charge in [0, 0.05) is 34.8 Å². The van der Waals surface area contributed by atoms with E-state index in [1.54, 1.807) is 25.1 Å². The molecule has 222 valence electrons. The third kappa shape index (κ3) is 5.71. The quantitative estimate of drug-likeness (QED) is 0.163. The lowest BCUT2D eigenvalue weighted by Crippen LogP contribution is -2.63. The first kappa shape index (κ1) is 29.5. The molecule has 0 bridgehead atoms. The molecule has 1 amide bonds. The Morgan fingerprint density at radius 3 is 2.55 bits per heavy atom. The van der Waals surface area contributed by atoms with Gasteiger partial charge in [0.15, 0.2) is 0 Å². The molecule has 3 aliphatic rings. The Balaban J connectivity index is 1.31. The molecule has 3 heterocycles. The number of benzene rings is 2. The fourth-order valence-electron chi connectivity index (χ4n) is 5.24. The van der Waals surface area contributed by atoms with E-state index in [9.17, 15) is 33.2 Å². The largest absolute Gasteiger partial charge is 0.456 e. The summed E-state index contributed by atoms with van der Waals surface area (Å²) in [5.74, 6) is -1.89. The predicted molar refractivity (Wildman–Crippen MR) is 153 cm³/mol. The van der Waals surface area contributed by atoms with E-state index in [1.807, 2.05) is 6.92 Å². The molecule has 42 heavy (non-hydrogen) atoms. The number of aliphatic imine (C=N–C) groups is 1. The number of rotatable bonds is 9. The third-order valence-electron chi connectivity index (χ3n) is 7.35. The van der Waals surface area contributed by atoms with Crippen molar-refractivity contribution < 1.29 is 32.8 Å². The summed E-state index contributed by atoms with van der Waals surface area (Å²) >= 11 is 1.36. The number of sulfonamides is 1. The molecule has 2 aromatic carbocycles.